The molecule has 0 saturated heterocycles. The van der Waals surface area contributed by atoms with Crippen LogP contribution >= 0.6 is 0 Å². The Morgan fingerprint density at radius 1 is 1.00 bits per heavy atom. The van der Waals surface area contributed by atoms with E-state index in [1.165, 1.54) is 18.3 Å². The molecule has 0 fully saturated rings. The Labute approximate surface area is 157 Å². The number of nitrogens with one attached hydrogen (secondary N) is 2. The predicted octanol–water partition coefficient (Wildman–Crippen LogP) is 4.27. The largest absolute Gasteiger partial charge is 0.573 e. The fourth-order valence-corrected chi connectivity index (χ4v) is 2.32. The number of benzene rings is 2. The van der Waals surface area contributed by atoms with E-state index < -0.39 is 18.1 Å². The van der Waals surface area contributed by atoms with Crippen LogP contribution in [0.15, 0.2) is 60.8 Å². The Morgan fingerprint density at radius 3 is 2.39 bits per heavy atom. The molecule has 10 heteroatoms. The van der Waals surface area contributed by atoms with Gasteiger partial charge in [-0.3, -0.25) is 0 Å². The number of amides is 2. The molecular weight excluding hydrogens is 375 g/mol. The van der Waals surface area contributed by atoms with Gasteiger partial charge in [-0.25, -0.2) is 14.8 Å². The van der Waals surface area contributed by atoms with Gasteiger partial charge >= 0.3 is 12.4 Å². The number of rotatable bonds is 4. The number of aromatic nitrogens is 2. The van der Waals surface area contributed by atoms with Gasteiger partial charge in [0.05, 0.1) is 5.69 Å². The van der Waals surface area contributed by atoms with E-state index in [9.17, 15) is 18.0 Å². The molecule has 0 unspecified atom stereocenters. The van der Waals surface area contributed by atoms with Crippen molar-refractivity contribution in [3.63, 3.8) is 0 Å². The van der Waals surface area contributed by atoms with E-state index >= 15 is 0 Å². The van der Waals surface area contributed by atoms with Crippen LogP contribution in [-0.2, 0) is 0 Å². The van der Waals surface area contributed by atoms with Crippen molar-refractivity contribution in [3.05, 3.63) is 60.8 Å². The second kappa shape index (κ2) is 7.82. The SMILES string of the molecule is Nc1nccc(-c2ccc(NC(=O)Nc3cccc(OC(F)(F)F)c3)cc2)n1. The molecule has 0 aliphatic heterocycles. The zero-order valence-electron chi connectivity index (χ0n) is 14.2. The number of nitrogen functional groups attached to an aromatic ring is 1. The van der Waals surface area contributed by atoms with Crippen LogP contribution in [0.5, 0.6) is 5.75 Å². The summed E-state index contributed by atoms with van der Waals surface area (Å²) < 4.78 is 40.6. The third-order valence-corrected chi connectivity index (χ3v) is 3.44. The zero-order chi connectivity index (χ0) is 20.1. The number of anilines is 3. The molecule has 3 aromatic rings. The van der Waals surface area contributed by atoms with Crippen LogP contribution in [0.25, 0.3) is 11.3 Å². The molecular formula is C18H14F3N5O2. The van der Waals surface area contributed by atoms with Gasteiger partial charge in [0, 0.05) is 29.2 Å². The summed E-state index contributed by atoms with van der Waals surface area (Å²) in [5, 5.41) is 5.01. The smallest absolute Gasteiger partial charge is 0.406 e. The molecule has 3 rings (SSSR count). The van der Waals surface area contributed by atoms with Crippen molar-refractivity contribution in [1.82, 2.24) is 9.97 Å². The number of nitrogens with two attached hydrogens (primary N) is 1. The number of ether oxygens (including phenoxy) is 1. The monoisotopic (exact) mass is 389 g/mol. The van der Waals surface area contributed by atoms with Gasteiger partial charge in [-0.2, -0.15) is 0 Å². The van der Waals surface area contributed by atoms with Gasteiger partial charge in [-0.1, -0.05) is 18.2 Å². The maximum atomic E-state index is 12.3. The van der Waals surface area contributed by atoms with Gasteiger partial charge in [0.2, 0.25) is 5.95 Å². The molecule has 1 heterocycles. The molecule has 28 heavy (non-hydrogen) atoms. The first-order chi connectivity index (χ1) is 13.3. The number of hydrogen-bond acceptors (Lipinski definition) is 5. The van der Waals surface area contributed by atoms with E-state index in [-0.39, 0.29) is 11.6 Å². The number of urea groups is 1. The summed E-state index contributed by atoms with van der Waals surface area (Å²) in [6.45, 7) is 0. The molecule has 0 spiro atoms. The number of alkyl halides is 3. The van der Waals surface area contributed by atoms with Gasteiger partial charge in [-0.05, 0) is 30.3 Å². The summed E-state index contributed by atoms with van der Waals surface area (Å²) in [6.07, 6.45) is -3.27. The van der Waals surface area contributed by atoms with Crippen molar-refractivity contribution in [2.45, 2.75) is 6.36 Å². The summed E-state index contributed by atoms with van der Waals surface area (Å²) in [6, 6.07) is 12.8. The standard InChI is InChI=1S/C18H14F3N5O2/c19-18(20,21)28-14-3-1-2-13(10-14)25-17(27)24-12-6-4-11(5-7-12)15-8-9-23-16(22)26-15/h1-10H,(H2,22,23,26)(H2,24,25,27). The third kappa shape index (κ3) is 5.34. The lowest BCUT2D eigenvalue weighted by Gasteiger charge is -2.11. The lowest BCUT2D eigenvalue weighted by Crippen LogP contribution is -2.20. The fourth-order valence-electron chi connectivity index (χ4n) is 2.32. The zero-order valence-corrected chi connectivity index (χ0v) is 14.2. The quantitative estimate of drug-likeness (QED) is 0.619. The van der Waals surface area contributed by atoms with E-state index in [4.69, 9.17) is 5.73 Å². The van der Waals surface area contributed by atoms with Gasteiger partial charge in [0.1, 0.15) is 5.75 Å². The molecule has 144 valence electrons. The van der Waals surface area contributed by atoms with E-state index in [2.05, 4.69) is 25.3 Å². The Bertz CT molecular complexity index is 977. The number of nitrogens with zero attached hydrogens (tertiary/aromatic N) is 2. The number of carbonyl (C=O) groups excluding carboxylic acids is 1. The maximum Gasteiger partial charge on any atom is 0.573 e. The summed E-state index contributed by atoms with van der Waals surface area (Å²) >= 11 is 0. The normalized spacial score (nSPS) is 11.0. The molecule has 0 aliphatic rings. The lowest BCUT2D eigenvalue weighted by atomic mass is 10.1. The molecule has 0 bridgehead atoms. The highest BCUT2D eigenvalue weighted by Crippen LogP contribution is 2.25. The van der Waals surface area contributed by atoms with Crippen molar-refractivity contribution in [1.29, 1.82) is 0 Å². The van der Waals surface area contributed by atoms with E-state index in [0.29, 0.717) is 11.4 Å². The second-order valence-corrected chi connectivity index (χ2v) is 5.53. The molecule has 0 aliphatic carbocycles. The summed E-state index contributed by atoms with van der Waals surface area (Å²) in [5.41, 5.74) is 7.58. The minimum Gasteiger partial charge on any atom is -0.406 e. The van der Waals surface area contributed by atoms with Crippen LogP contribution in [0, 0.1) is 0 Å². The lowest BCUT2D eigenvalue weighted by molar-refractivity contribution is -0.274. The van der Waals surface area contributed by atoms with Gasteiger partial charge < -0.3 is 21.1 Å². The van der Waals surface area contributed by atoms with Crippen LogP contribution in [0.3, 0.4) is 0 Å². The van der Waals surface area contributed by atoms with Crippen molar-refractivity contribution in [2.75, 3.05) is 16.4 Å². The first kappa shape index (κ1) is 19.0. The fraction of sp³-hybridized carbons (Fsp3) is 0.0556. The molecule has 2 amide bonds. The first-order valence-corrected chi connectivity index (χ1v) is 7.91. The molecule has 0 saturated carbocycles. The molecule has 0 radical (unpaired) electrons. The minimum absolute atomic E-state index is 0.146. The Morgan fingerprint density at radius 2 is 1.71 bits per heavy atom. The number of hydrogen-bond donors (Lipinski definition) is 3. The van der Waals surface area contributed by atoms with Gasteiger partial charge in [-0.15, -0.1) is 13.2 Å². The highest BCUT2D eigenvalue weighted by molar-refractivity contribution is 5.99. The molecule has 1 aromatic heterocycles. The average molecular weight is 389 g/mol. The second-order valence-electron chi connectivity index (χ2n) is 5.53. The molecule has 7 nitrogen and oxygen atoms in total. The Kier molecular flexibility index (Phi) is 5.30. The van der Waals surface area contributed by atoms with Crippen LogP contribution in [0.1, 0.15) is 0 Å². The van der Waals surface area contributed by atoms with Crippen LogP contribution < -0.4 is 21.1 Å². The maximum absolute atomic E-state index is 12.3. The van der Waals surface area contributed by atoms with Crippen LogP contribution in [-0.4, -0.2) is 22.4 Å². The third-order valence-electron chi connectivity index (χ3n) is 3.44. The number of carbonyl (C=O) groups is 1. The highest BCUT2D eigenvalue weighted by Gasteiger charge is 2.31. The summed E-state index contributed by atoms with van der Waals surface area (Å²) in [5.74, 6) is -0.283. The molecule has 2 aromatic carbocycles. The molecule has 0 atom stereocenters. The average Bonchev–Trinajstić information content (AvgIpc) is 2.61. The van der Waals surface area contributed by atoms with E-state index in [1.807, 2.05) is 0 Å². The highest BCUT2D eigenvalue weighted by atomic mass is 19.4. The molecule has 4 N–H and O–H groups in total. The Balaban J connectivity index is 1.63. The van der Waals surface area contributed by atoms with E-state index in [1.54, 1.807) is 30.3 Å². The van der Waals surface area contributed by atoms with Crippen LogP contribution in [0.4, 0.5) is 35.3 Å². The minimum atomic E-state index is -4.81. The summed E-state index contributed by atoms with van der Waals surface area (Å²) in [4.78, 5) is 20.0. The number of halogens is 3. The van der Waals surface area contributed by atoms with Gasteiger partial charge in [0.15, 0.2) is 0 Å². The Hall–Kier alpha value is -3.82. The predicted molar refractivity (Wildman–Crippen MR) is 97.6 cm³/mol. The van der Waals surface area contributed by atoms with Crippen molar-refractivity contribution >= 4 is 23.4 Å². The van der Waals surface area contributed by atoms with Gasteiger partial charge in [0.25, 0.3) is 0 Å². The van der Waals surface area contributed by atoms with Crippen molar-refractivity contribution in [3.8, 4) is 17.0 Å². The van der Waals surface area contributed by atoms with E-state index in [0.717, 1.165) is 17.7 Å². The summed E-state index contributed by atoms with van der Waals surface area (Å²) in [7, 11) is 0. The van der Waals surface area contributed by atoms with Crippen LogP contribution in [0.2, 0.25) is 0 Å². The topological polar surface area (TPSA) is 102 Å². The van der Waals surface area contributed by atoms with Crippen molar-refractivity contribution in [2.24, 2.45) is 0 Å². The first-order valence-electron chi connectivity index (χ1n) is 7.91. The van der Waals surface area contributed by atoms with Crippen molar-refractivity contribution < 1.29 is 22.7 Å².